The second-order valence-corrected chi connectivity index (χ2v) is 4.81. The molecule has 19 heavy (non-hydrogen) atoms. The number of hydrogen-bond acceptors (Lipinski definition) is 4. The molecular formula is C14H18N2O3. The molecule has 5 heteroatoms. The smallest absolute Gasteiger partial charge is 0.337 e. The van der Waals surface area contributed by atoms with Crippen molar-refractivity contribution in [3.05, 3.63) is 29.8 Å². The quantitative estimate of drug-likeness (QED) is 0.836. The lowest BCUT2D eigenvalue weighted by Crippen LogP contribution is -2.25. The topological polar surface area (TPSA) is 58.6 Å². The van der Waals surface area contributed by atoms with Gasteiger partial charge in [-0.1, -0.05) is 0 Å². The first-order valence-corrected chi connectivity index (χ1v) is 6.28. The third kappa shape index (κ3) is 3.32. The van der Waals surface area contributed by atoms with Gasteiger partial charge in [0.25, 0.3) is 0 Å². The predicted octanol–water partition coefficient (Wildman–Crippen LogP) is 1.36. The number of anilines is 1. The second-order valence-electron chi connectivity index (χ2n) is 4.81. The van der Waals surface area contributed by atoms with Crippen molar-refractivity contribution in [1.82, 2.24) is 4.90 Å². The summed E-state index contributed by atoms with van der Waals surface area (Å²) in [6.45, 7) is 1.76. The summed E-state index contributed by atoms with van der Waals surface area (Å²) in [5.41, 5.74) is 1.17. The number of ether oxygens (including phenoxy) is 1. The van der Waals surface area contributed by atoms with E-state index in [0.29, 0.717) is 11.3 Å². The standard InChI is InChI=1S/C14H18N2O3/c1-16-8-7-11(9-16)13(17)15-12-5-3-10(4-6-12)14(18)19-2/h3-6,11H,7-9H2,1-2H3,(H,15,17). The third-order valence-corrected chi connectivity index (χ3v) is 3.34. The first-order valence-electron chi connectivity index (χ1n) is 6.28. The van der Waals surface area contributed by atoms with Gasteiger partial charge in [-0.15, -0.1) is 0 Å². The van der Waals surface area contributed by atoms with E-state index in [2.05, 4.69) is 15.0 Å². The lowest BCUT2D eigenvalue weighted by Gasteiger charge is -2.11. The molecule has 102 valence electrons. The van der Waals surface area contributed by atoms with Crippen LogP contribution in [0.2, 0.25) is 0 Å². The highest BCUT2D eigenvalue weighted by atomic mass is 16.5. The highest BCUT2D eigenvalue weighted by Crippen LogP contribution is 2.17. The molecule has 0 bridgehead atoms. The molecule has 1 amide bonds. The lowest BCUT2D eigenvalue weighted by atomic mass is 10.1. The summed E-state index contributed by atoms with van der Waals surface area (Å²) < 4.78 is 4.62. The molecule has 5 nitrogen and oxygen atoms in total. The van der Waals surface area contributed by atoms with Crippen LogP contribution >= 0.6 is 0 Å². The Balaban J connectivity index is 1.96. The van der Waals surface area contributed by atoms with Crippen molar-refractivity contribution >= 4 is 17.6 Å². The lowest BCUT2D eigenvalue weighted by molar-refractivity contribution is -0.119. The van der Waals surface area contributed by atoms with E-state index in [9.17, 15) is 9.59 Å². The van der Waals surface area contributed by atoms with Gasteiger partial charge in [-0.3, -0.25) is 4.79 Å². The van der Waals surface area contributed by atoms with E-state index in [1.165, 1.54) is 7.11 Å². The Morgan fingerprint density at radius 2 is 2.00 bits per heavy atom. The molecule has 1 fully saturated rings. The zero-order valence-corrected chi connectivity index (χ0v) is 11.2. The molecule has 0 radical (unpaired) electrons. The molecule has 0 spiro atoms. The SMILES string of the molecule is COC(=O)c1ccc(NC(=O)C2CCN(C)C2)cc1. The number of amides is 1. The number of esters is 1. The minimum absolute atomic E-state index is 0.0372. The van der Waals surface area contributed by atoms with Crippen molar-refractivity contribution in [2.45, 2.75) is 6.42 Å². The van der Waals surface area contributed by atoms with Crippen LogP contribution in [-0.2, 0) is 9.53 Å². The van der Waals surface area contributed by atoms with Gasteiger partial charge in [0.1, 0.15) is 0 Å². The molecule has 1 aromatic rings. The Hall–Kier alpha value is -1.88. The Labute approximate surface area is 112 Å². The molecule has 0 aliphatic carbocycles. The van der Waals surface area contributed by atoms with Gasteiger partial charge in [-0.05, 0) is 44.3 Å². The van der Waals surface area contributed by atoms with Crippen LogP contribution in [0.1, 0.15) is 16.8 Å². The van der Waals surface area contributed by atoms with E-state index < -0.39 is 0 Å². The second kappa shape index (κ2) is 5.84. The molecule has 1 unspecified atom stereocenters. The van der Waals surface area contributed by atoms with Gasteiger partial charge in [0, 0.05) is 12.2 Å². The van der Waals surface area contributed by atoms with Crippen LogP contribution < -0.4 is 5.32 Å². The monoisotopic (exact) mass is 262 g/mol. The van der Waals surface area contributed by atoms with Gasteiger partial charge >= 0.3 is 5.97 Å². The molecule has 1 heterocycles. The summed E-state index contributed by atoms with van der Waals surface area (Å²) in [6.07, 6.45) is 0.891. The number of nitrogens with zero attached hydrogens (tertiary/aromatic N) is 1. The van der Waals surface area contributed by atoms with Crippen molar-refractivity contribution in [2.75, 3.05) is 32.6 Å². The number of carbonyl (C=O) groups is 2. The molecule has 1 atom stereocenters. The maximum Gasteiger partial charge on any atom is 0.337 e. The van der Waals surface area contributed by atoms with E-state index in [4.69, 9.17) is 0 Å². The number of carbonyl (C=O) groups excluding carboxylic acids is 2. The van der Waals surface area contributed by atoms with Crippen molar-refractivity contribution < 1.29 is 14.3 Å². The molecule has 1 N–H and O–H groups in total. The number of benzene rings is 1. The summed E-state index contributed by atoms with van der Waals surface area (Å²) in [7, 11) is 3.35. The molecule has 0 aromatic heterocycles. The molecule has 1 aliphatic heterocycles. The number of likely N-dealkylation sites (tertiary alicyclic amines) is 1. The molecule has 1 saturated heterocycles. The third-order valence-electron chi connectivity index (χ3n) is 3.34. The molecular weight excluding hydrogens is 244 g/mol. The average molecular weight is 262 g/mol. The maximum absolute atomic E-state index is 12.0. The zero-order chi connectivity index (χ0) is 13.8. The number of nitrogens with one attached hydrogen (secondary N) is 1. The van der Waals surface area contributed by atoms with Gasteiger partial charge in [0.05, 0.1) is 18.6 Å². The first kappa shape index (κ1) is 13.5. The van der Waals surface area contributed by atoms with Gasteiger partial charge in [-0.2, -0.15) is 0 Å². The van der Waals surface area contributed by atoms with Gasteiger partial charge < -0.3 is 15.0 Å². The van der Waals surface area contributed by atoms with Crippen LogP contribution in [0.15, 0.2) is 24.3 Å². The minimum atomic E-state index is -0.379. The van der Waals surface area contributed by atoms with E-state index >= 15 is 0 Å². The van der Waals surface area contributed by atoms with Crippen LogP contribution in [-0.4, -0.2) is 44.0 Å². The molecule has 0 saturated carbocycles. The minimum Gasteiger partial charge on any atom is -0.465 e. The van der Waals surface area contributed by atoms with Crippen LogP contribution in [0.4, 0.5) is 5.69 Å². The van der Waals surface area contributed by atoms with Gasteiger partial charge in [0.15, 0.2) is 0 Å². The Bertz CT molecular complexity index is 470. The number of methoxy groups -OCH3 is 1. The number of rotatable bonds is 3. The van der Waals surface area contributed by atoms with Crippen molar-refractivity contribution in [2.24, 2.45) is 5.92 Å². The average Bonchev–Trinajstić information content (AvgIpc) is 2.85. The Morgan fingerprint density at radius 3 is 2.53 bits per heavy atom. The van der Waals surface area contributed by atoms with Crippen LogP contribution in [0, 0.1) is 5.92 Å². The summed E-state index contributed by atoms with van der Waals surface area (Å²) in [5.74, 6) is -0.296. The van der Waals surface area contributed by atoms with Crippen molar-refractivity contribution in [3.8, 4) is 0 Å². The van der Waals surface area contributed by atoms with Crippen molar-refractivity contribution in [3.63, 3.8) is 0 Å². The molecule has 1 aliphatic rings. The van der Waals surface area contributed by atoms with E-state index in [0.717, 1.165) is 19.5 Å². The number of hydrogen-bond donors (Lipinski definition) is 1. The maximum atomic E-state index is 12.0. The summed E-state index contributed by atoms with van der Waals surface area (Å²) in [4.78, 5) is 25.4. The fourth-order valence-electron chi connectivity index (χ4n) is 2.20. The predicted molar refractivity (Wildman–Crippen MR) is 72.0 cm³/mol. The molecule has 2 rings (SSSR count). The fourth-order valence-corrected chi connectivity index (χ4v) is 2.20. The van der Waals surface area contributed by atoms with Gasteiger partial charge in [0.2, 0.25) is 5.91 Å². The summed E-state index contributed by atoms with van der Waals surface area (Å²) in [6, 6.07) is 6.70. The van der Waals surface area contributed by atoms with E-state index in [1.807, 2.05) is 7.05 Å². The highest BCUT2D eigenvalue weighted by Gasteiger charge is 2.25. The first-order chi connectivity index (χ1) is 9.10. The summed E-state index contributed by atoms with van der Waals surface area (Å²) >= 11 is 0. The normalized spacial score (nSPS) is 19.2. The van der Waals surface area contributed by atoms with Crippen molar-refractivity contribution in [1.29, 1.82) is 0 Å². The fraction of sp³-hybridized carbons (Fsp3) is 0.429. The van der Waals surface area contributed by atoms with E-state index in [1.54, 1.807) is 24.3 Å². The largest absolute Gasteiger partial charge is 0.465 e. The Morgan fingerprint density at radius 1 is 1.32 bits per heavy atom. The summed E-state index contributed by atoms with van der Waals surface area (Å²) in [5, 5.41) is 2.87. The highest BCUT2D eigenvalue weighted by molar-refractivity contribution is 5.94. The zero-order valence-electron chi connectivity index (χ0n) is 11.2. The van der Waals surface area contributed by atoms with Crippen LogP contribution in [0.3, 0.4) is 0 Å². The van der Waals surface area contributed by atoms with E-state index in [-0.39, 0.29) is 17.8 Å². The van der Waals surface area contributed by atoms with Crippen LogP contribution in [0.25, 0.3) is 0 Å². The van der Waals surface area contributed by atoms with Gasteiger partial charge in [-0.25, -0.2) is 4.79 Å². The Kier molecular flexibility index (Phi) is 4.16. The molecule has 1 aromatic carbocycles. The van der Waals surface area contributed by atoms with Crippen LogP contribution in [0.5, 0.6) is 0 Å².